The summed E-state index contributed by atoms with van der Waals surface area (Å²) in [7, 11) is 0. The summed E-state index contributed by atoms with van der Waals surface area (Å²) in [6.07, 6.45) is 5.28. The summed E-state index contributed by atoms with van der Waals surface area (Å²) >= 11 is 0. The normalized spacial score (nSPS) is 22.3. The summed E-state index contributed by atoms with van der Waals surface area (Å²) in [6.45, 7) is 1.84. The maximum absolute atomic E-state index is 5.49. The Morgan fingerprint density at radius 1 is 1.33 bits per heavy atom. The van der Waals surface area contributed by atoms with Crippen molar-refractivity contribution in [1.82, 2.24) is 0 Å². The van der Waals surface area contributed by atoms with E-state index in [9.17, 15) is 0 Å². The van der Waals surface area contributed by atoms with Crippen LogP contribution < -0.4 is 4.74 Å². The van der Waals surface area contributed by atoms with Gasteiger partial charge in [0.05, 0.1) is 19.3 Å². The van der Waals surface area contributed by atoms with Crippen LogP contribution in [0.3, 0.4) is 0 Å². The highest BCUT2D eigenvalue weighted by atomic mass is 16.6. The van der Waals surface area contributed by atoms with E-state index in [1.54, 1.807) is 0 Å². The molecule has 2 heterocycles. The van der Waals surface area contributed by atoms with Crippen LogP contribution in [0, 0.1) is 0 Å². The lowest BCUT2D eigenvalue weighted by atomic mass is 10.0. The third-order valence-corrected chi connectivity index (χ3v) is 3.15. The van der Waals surface area contributed by atoms with E-state index < -0.39 is 0 Å². The smallest absolute Gasteiger partial charge is 0.122 e. The number of aryl methyl sites for hydroxylation is 1. The van der Waals surface area contributed by atoms with Crippen molar-refractivity contribution in [3.63, 3.8) is 0 Å². The quantitative estimate of drug-likeness (QED) is 0.702. The SMILES string of the molecule is c1cc2c(cc1CCCC1CO1)CCO2. The molecule has 0 bridgehead atoms. The van der Waals surface area contributed by atoms with Gasteiger partial charge in [0.25, 0.3) is 0 Å². The molecule has 2 nitrogen and oxygen atoms in total. The fraction of sp³-hybridized carbons (Fsp3) is 0.538. The highest BCUT2D eigenvalue weighted by molar-refractivity contribution is 5.39. The maximum Gasteiger partial charge on any atom is 0.122 e. The summed E-state index contributed by atoms with van der Waals surface area (Å²) in [4.78, 5) is 0. The van der Waals surface area contributed by atoms with E-state index in [-0.39, 0.29) is 0 Å². The van der Waals surface area contributed by atoms with E-state index >= 15 is 0 Å². The molecule has 0 saturated carbocycles. The molecule has 2 heteroatoms. The molecule has 80 valence electrons. The Kier molecular flexibility index (Phi) is 2.37. The van der Waals surface area contributed by atoms with Gasteiger partial charge in [0.2, 0.25) is 0 Å². The number of fused-ring (bicyclic) bond motifs is 1. The van der Waals surface area contributed by atoms with Crippen LogP contribution in [0.1, 0.15) is 24.0 Å². The summed E-state index contributed by atoms with van der Waals surface area (Å²) < 4.78 is 10.7. The first kappa shape index (κ1) is 9.22. The number of rotatable bonds is 4. The van der Waals surface area contributed by atoms with Crippen molar-refractivity contribution in [2.45, 2.75) is 31.8 Å². The van der Waals surface area contributed by atoms with Gasteiger partial charge in [-0.15, -0.1) is 0 Å². The molecule has 0 aliphatic carbocycles. The first-order valence-corrected chi connectivity index (χ1v) is 5.78. The fourth-order valence-electron chi connectivity index (χ4n) is 2.16. The molecule has 2 aliphatic rings. The topological polar surface area (TPSA) is 21.8 Å². The molecule has 0 N–H and O–H groups in total. The first-order valence-electron chi connectivity index (χ1n) is 5.78. The predicted octanol–water partition coefficient (Wildman–Crippen LogP) is 2.34. The number of hydrogen-bond donors (Lipinski definition) is 0. The lowest BCUT2D eigenvalue weighted by molar-refractivity contribution is 0.357. The molecular formula is C13H16O2. The van der Waals surface area contributed by atoms with Crippen molar-refractivity contribution in [2.75, 3.05) is 13.2 Å². The standard InChI is InChI=1S/C13H16O2/c1(3-12-9-15-12)2-10-4-5-13-11(8-10)6-7-14-13/h4-5,8,12H,1-3,6-7,9H2. The molecule has 1 fully saturated rings. The molecule has 0 radical (unpaired) electrons. The zero-order valence-corrected chi connectivity index (χ0v) is 8.87. The summed E-state index contributed by atoms with van der Waals surface area (Å²) in [5.74, 6) is 1.09. The van der Waals surface area contributed by atoms with E-state index in [0.717, 1.165) is 25.4 Å². The molecule has 3 rings (SSSR count). The van der Waals surface area contributed by atoms with Crippen molar-refractivity contribution >= 4 is 0 Å². The van der Waals surface area contributed by atoms with Crippen LogP contribution in [-0.2, 0) is 17.6 Å². The molecule has 2 aliphatic heterocycles. The predicted molar refractivity (Wildman–Crippen MR) is 58.3 cm³/mol. The van der Waals surface area contributed by atoms with Crippen LogP contribution >= 0.6 is 0 Å². The first-order chi connectivity index (χ1) is 7.42. The molecule has 0 amide bonds. The Morgan fingerprint density at radius 3 is 3.13 bits per heavy atom. The second-order valence-corrected chi connectivity index (χ2v) is 4.39. The number of epoxide rings is 1. The molecule has 1 saturated heterocycles. The van der Waals surface area contributed by atoms with Gasteiger partial charge in [0.1, 0.15) is 5.75 Å². The molecule has 1 atom stereocenters. The van der Waals surface area contributed by atoms with E-state index in [1.807, 2.05) is 0 Å². The van der Waals surface area contributed by atoms with Gasteiger partial charge in [0, 0.05) is 6.42 Å². The molecule has 0 aromatic heterocycles. The number of hydrogen-bond acceptors (Lipinski definition) is 2. The highest BCUT2D eigenvalue weighted by Gasteiger charge is 2.21. The van der Waals surface area contributed by atoms with Gasteiger partial charge >= 0.3 is 0 Å². The van der Waals surface area contributed by atoms with Gasteiger partial charge in [-0.05, 0) is 36.5 Å². The van der Waals surface area contributed by atoms with Crippen LogP contribution in [0.5, 0.6) is 5.75 Å². The Morgan fingerprint density at radius 2 is 2.27 bits per heavy atom. The Hall–Kier alpha value is -1.02. The average molecular weight is 204 g/mol. The second-order valence-electron chi connectivity index (χ2n) is 4.39. The van der Waals surface area contributed by atoms with Crippen molar-refractivity contribution in [1.29, 1.82) is 0 Å². The summed E-state index contributed by atoms with van der Waals surface area (Å²) in [5, 5.41) is 0. The molecule has 15 heavy (non-hydrogen) atoms. The van der Waals surface area contributed by atoms with Crippen LogP contribution in [0.15, 0.2) is 18.2 Å². The zero-order valence-electron chi connectivity index (χ0n) is 8.87. The molecule has 0 spiro atoms. The van der Waals surface area contributed by atoms with Crippen molar-refractivity contribution in [3.8, 4) is 5.75 Å². The van der Waals surface area contributed by atoms with E-state index in [1.165, 1.54) is 30.4 Å². The maximum atomic E-state index is 5.49. The van der Waals surface area contributed by atoms with Gasteiger partial charge in [-0.2, -0.15) is 0 Å². The lowest BCUT2D eigenvalue weighted by Crippen LogP contribution is -1.91. The van der Waals surface area contributed by atoms with Crippen LogP contribution in [-0.4, -0.2) is 19.3 Å². The monoisotopic (exact) mass is 204 g/mol. The highest BCUT2D eigenvalue weighted by Crippen LogP contribution is 2.26. The Bertz CT molecular complexity index is 356. The third kappa shape index (κ3) is 2.15. The summed E-state index contributed by atoms with van der Waals surface area (Å²) in [6, 6.07) is 6.61. The second kappa shape index (κ2) is 3.86. The largest absolute Gasteiger partial charge is 0.493 e. The van der Waals surface area contributed by atoms with E-state index in [0.29, 0.717) is 6.10 Å². The van der Waals surface area contributed by atoms with Gasteiger partial charge in [-0.3, -0.25) is 0 Å². The van der Waals surface area contributed by atoms with E-state index in [2.05, 4.69) is 18.2 Å². The van der Waals surface area contributed by atoms with Gasteiger partial charge < -0.3 is 9.47 Å². The molecule has 1 aromatic rings. The molecular weight excluding hydrogens is 188 g/mol. The van der Waals surface area contributed by atoms with Gasteiger partial charge in [-0.25, -0.2) is 0 Å². The Labute approximate surface area is 90.2 Å². The zero-order chi connectivity index (χ0) is 10.1. The number of benzene rings is 1. The Balaban J connectivity index is 1.59. The lowest BCUT2D eigenvalue weighted by Gasteiger charge is -2.03. The van der Waals surface area contributed by atoms with Crippen molar-refractivity contribution in [2.24, 2.45) is 0 Å². The van der Waals surface area contributed by atoms with Crippen LogP contribution in [0.25, 0.3) is 0 Å². The van der Waals surface area contributed by atoms with Crippen molar-refractivity contribution in [3.05, 3.63) is 29.3 Å². The molecule has 1 unspecified atom stereocenters. The minimum absolute atomic E-state index is 0.572. The van der Waals surface area contributed by atoms with E-state index in [4.69, 9.17) is 9.47 Å². The fourth-order valence-corrected chi connectivity index (χ4v) is 2.16. The van der Waals surface area contributed by atoms with Crippen LogP contribution in [0.4, 0.5) is 0 Å². The van der Waals surface area contributed by atoms with Crippen LogP contribution in [0.2, 0.25) is 0 Å². The minimum atomic E-state index is 0.572. The van der Waals surface area contributed by atoms with Crippen molar-refractivity contribution < 1.29 is 9.47 Å². The number of ether oxygens (including phenoxy) is 2. The summed E-state index contributed by atoms with van der Waals surface area (Å²) in [5.41, 5.74) is 2.83. The third-order valence-electron chi connectivity index (χ3n) is 3.15. The minimum Gasteiger partial charge on any atom is -0.493 e. The van der Waals surface area contributed by atoms with Gasteiger partial charge in [0.15, 0.2) is 0 Å². The average Bonchev–Trinajstić information content (AvgIpc) is 2.95. The molecule has 1 aromatic carbocycles. The van der Waals surface area contributed by atoms with Gasteiger partial charge in [-0.1, -0.05) is 12.1 Å².